The molecule has 0 saturated carbocycles. The molecule has 0 radical (unpaired) electrons. The Morgan fingerprint density at radius 1 is 1.04 bits per heavy atom. The fraction of sp³-hybridized carbons (Fsp3) is 0.625. The number of unbranched alkanes of at least 4 members (excludes halogenated alkanes) is 3. The highest BCUT2D eigenvalue weighted by molar-refractivity contribution is 5.79. The summed E-state index contributed by atoms with van der Waals surface area (Å²) in [5.41, 5.74) is 0. The zero-order valence-corrected chi connectivity index (χ0v) is 14.4. The molecule has 1 atom stereocenters. The smallest absolute Gasteiger partial charge is 0.327 e. The first-order valence-electron chi connectivity index (χ1n) is 7.55. The summed E-state index contributed by atoms with van der Waals surface area (Å²) in [6, 6.07) is 0. The highest BCUT2D eigenvalue weighted by atomic mass is 16.7. The van der Waals surface area contributed by atoms with Crippen LogP contribution < -0.4 is 0 Å². The first-order chi connectivity index (χ1) is 10.8. The largest absolute Gasteiger partial charge is 0.478 e. The van der Waals surface area contributed by atoms with Crippen molar-refractivity contribution in [1.29, 1.82) is 0 Å². The van der Waals surface area contributed by atoms with Crippen LogP contribution in [0.15, 0.2) is 29.6 Å². The summed E-state index contributed by atoms with van der Waals surface area (Å²) in [5.74, 6) is -1.78. The summed E-state index contributed by atoms with van der Waals surface area (Å²) < 4.78 is 0. The topological polar surface area (TPSA) is 113 Å². The maximum absolute atomic E-state index is 9.63. The lowest BCUT2D eigenvalue weighted by Crippen LogP contribution is -2.02. The van der Waals surface area contributed by atoms with Gasteiger partial charge in [0.05, 0.1) is 0 Å². The van der Waals surface area contributed by atoms with E-state index in [0.717, 1.165) is 25.0 Å². The van der Waals surface area contributed by atoms with Crippen molar-refractivity contribution in [1.82, 2.24) is 0 Å². The summed E-state index contributed by atoms with van der Waals surface area (Å²) in [4.78, 5) is 33.1. The Hall–Kier alpha value is -2.18. The van der Waals surface area contributed by atoms with Gasteiger partial charge in [-0.05, 0) is 33.6 Å². The second kappa shape index (κ2) is 22.1. The summed E-state index contributed by atoms with van der Waals surface area (Å²) >= 11 is 0. The number of allylic oxidation sites excluding steroid dienone is 2. The second-order valence-corrected chi connectivity index (χ2v) is 4.52. The van der Waals surface area contributed by atoms with Crippen LogP contribution in [0.2, 0.25) is 0 Å². The van der Waals surface area contributed by atoms with Crippen LogP contribution >= 0.6 is 0 Å². The van der Waals surface area contributed by atoms with E-state index >= 15 is 0 Å². The highest BCUT2D eigenvalue weighted by Gasteiger charge is 2.00. The van der Waals surface area contributed by atoms with E-state index in [0.29, 0.717) is 0 Å². The monoisotopic (exact) mass is 331 g/mol. The van der Waals surface area contributed by atoms with Crippen LogP contribution in [0.1, 0.15) is 59.8 Å². The Bertz CT molecular complexity index is 330. The fourth-order valence-electron chi connectivity index (χ4n) is 1.27. The molecule has 0 aromatic heterocycles. The van der Waals surface area contributed by atoms with Gasteiger partial charge in [0, 0.05) is 12.2 Å². The molecule has 0 heterocycles. The van der Waals surface area contributed by atoms with Crippen LogP contribution in [-0.4, -0.2) is 28.3 Å². The van der Waals surface area contributed by atoms with Crippen LogP contribution in [0, 0.1) is 4.91 Å². The summed E-state index contributed by atoms with van der Waals surface area (Å²) in [6.45, 7) is 7.36. The van der Waals surface area contributed by atoms with Gasteiger partial charge in [0.25, 0.3) is 0 Å². The lowest BCUT2D eigenvalue weighted by molar-refractivity contribution is -0.132. The SMILES string of the molecule is CC=CC(=O)O.CC=CC(=O)O.CCCCCCC(C)ON=O. The van der Waals surface area contributed by atoms with E-state index in [1.165, 1.54) is 31.4 Å². The van der Waals surface area contributed by atoms with Gasteiger partial charge < -0.3 is 15.1 Å². The predicted molar refractivity (Wildman–Crippen MR) is 90.0 cm³/mol. The van der Waals surface area contributed by atoms with Crippen molar-refractivity contribution < 1.29 is 24.6 Å². The molecule has 0 aliphatic carbocycles. The Labute approximate surface area is 138 Å². The van der Waals surface area contributed by atoms with Crippen LogP contribution in [0.3, 0.4) is 0 Å². The minimum atomic E-state index is -0.891. The van der Waals surface area contributed by atoms with Crippen molar-refractivity contribution in [2.24, 2.45) is 5.34 Å². The summed E-state index contributed by atoms with van der Waals surface area (Å²) in [7, 11) is 0. The molecule has 0 rings (SSSR count). The van der Waals surface area contributed by atoms with E-state index in [1.807, 2.05) is 6.92 Å². The third-order valence-electron chi connectivity index (χ3n) is 2.31. The van der Waals surface area contributed by atoms with Crippen molar-refractivity contribution in [3.05, 3.63) is 29.2 Å². The normalized spacial score (nSPS) is 11.0. The molecule has 0 bridgehead atoms. The van der Waals surface area contributed by atoms with E-state index in [4.69, 9.17) is 10.2 Å². The van der Waals surface area contributed by atoms with Gasteiger partial charge in [0.15, 0.2) is 5.34 Å². The van der Waals surface area contributed by atoms with E-state index in [1.54, 1.807) is 13.8 Å². The van der Waals surface area contributed by atoms with Crippen LogP contribution in [0.4, 0.5) is 0 Å². The maximum atomic E-state index is 9.63. The van der Waals surface area contributed by atoms with E-state index in [9.17, 15) is 14.5 Å². The molecule has 0 fully saturated rings. The number of hydrogen-bond donors (Lipinski definition) is 2. The molecular formula is C16H29NO6. The van der Waals surface area contributed by atoms with Crippen LogP contribution in [-0.2, 0) is 14.4 Å². The van der Waals surface area contributed by atoms with Crippen molar-refractivity contribution in [2.45, 2.75) is 65.9 Å². The van der Waals surface area contributed by atoms with E-state index in [2.05, 4.69) is 17.1 Å². The molecule has 7 nitrogen and oxygen atoms in total. The first kappa shape index (κ1) is 25.8. The van der Waals surface area contributed by atoms with Gasteiger partial charge in [-0.1, -0.05) is 38.3 Å². The average Bonchev–Trinajstić information content (AvgIpc) is 2.45. The molecule has 0 aliphatic rings. The van der Waals surface area contributed by atoms with Crippen LogP contribution in [0.5, 0.6) is 0 Å². The first-order valence-corrected chi connectivity index (χ1v) is 7.55. The number of aliphatic carboxylic acids is 2. The number of hydrogen-bond acceptors (Lipinski definition) is 5. The molecule has 0 aliphatic heterocycles. The molecule has 2 N–H and O–H groups in total. The van der Waals surface area contributed by atoms with Crippen molar-refractivity contribution >= 4 is 11.9 Å². The minimum absolute atomic E-state index is 0.00986. The number of carboxylic acid groups (broad SMARTS) is 2. The molecular weight excluding hydrogens is 302 g/mol. The average molecular weight is 331 g/mol. The van der Waals surface area contributed by atoms with Gasteiger partial charge in [-0.2, -0.15) is 0 Å². The highest BCUT2D eigenvalue weighted by Crippen LogP contribution is 2.07. The Balaban J connectivity index is -0.000000284. The molecule has 0 aromatic rings. The zero-order valence-electron chi connectivity index (χ0n) is 14.4. The number of nitrogens with zero attached hydrogens (tertiary/aromatic N) is 1. The Morgan fingerprint density at radius 3 is 1.78 bits per heavy atom. The number of rotatable bonds is 9. The predicted octanol–water partition coefficient (Wildman–Crippen LogP) is 4.34. The lowest BCUT2D eigenvalue weighted by Gasteiger charge is -2.05. The quantitative estimate of drug-likeness (QED) is 0.281. The summed E-state index contributed by atoms with van der Waals surface area (Å²) in [5, 5.41) is 18.0. The Morgan fingerprint density at radius 2 is 1.52 bits per heavy atom. The lowest BCUT2D eigenvalue weighted by atomic mass is 10.1. The molecule has 0 amide bonds. The van der Waals surface area contributed by atoms with E-state index in [-0.39, 0.29) is 6.10 Å². The van der Waals surface area contributed by atoms with Crippen molar-refractivity contribution in [3.63, 3.8) is 0 Å². The maximum Gasteiger partial charge on any atom is 0.327 e. The Kier molecular flexibility index (Phi) is 24.8. The van der Waals surface area contributed by atoms with Crippen LogP contribution in [0.25, 0.3) is 0 Å². The standard InChI is InChI=1S/C8H17NO2.2C4H6O2/c1-3-4-5-6-7-8(2)11-9-10;2*1-2-3-4(5)6/h8H,3-7H2,1-2H3;2*2-3H,1H3,(H,5,6). The minimum Gasteiger partial charge on any atom is -0.478 e. The molecule has 0 spiro atoms. The number of carboxylic acids is 2. The zero-order chi connectivity index (χ0) is 18.5. The molecule has 0 saturated heterocycles. The van der Waals surface area contributed by atoms with Crippen molar-refractivity contribution in [3.8, 4) is 0 Å². The van der Waals surface area contributed by atoms with Gasteiger partial charge >= 0.3 is 11.9 Å². The van der Waals surface area contributed by atoms with Crippen molar-refractivity contribution in [2.75, 3.05) is 0 Å². The number of carbonyl (C=O) groups is 2. The third kappa shape index (κ3) is 38.3. The molecule has 134 valence electrons. The third-order valence-corrected chi connectivity index (χ3v) is 2.31. The van der Waals surface area contributed by atoms with Gasteiger partial charge in [0.2, 0.25) is 0 Å². The molecule has 0 aromatic carbocycles. The fourth-order valence-corrected chi connectivity index (χ4v) is 1.27. The van der Waals surface area contributed by atoms with E-state index < -0.39 is 11.9 Å². The van der Waals surface area contributed by atoms with Gasteiger partial charge in [0.1, 0.15) is 6.10 Å². The molecule has 7 heteroatoms. The van der Waals surface area contributed by atoms with Gasteiger partial charge in [-0.25, -0.2) is 9.59 Å². The van der Waals surface area contributed by atoms with Gasteiger partial charge in [-0.3, -0.25) is 0 Å². The second-order valence-electron chi connectivity index (χ2n) is 4.52. The molecule has 23 heavy (non-hydrogen) atoms. The molecule has 1 unspecified atom stereocenters. The summed E-state index contributed by atoms with van der Waals surface area (Å²) in [6.07, 6.45) is 10.9. The van der Waals surface area contributed by atoms with Gasteiger partial charge in [-0.15, -0.1) is 4.91 Å².